The minimum Gasteiger partial charge on any atom is -0.507 e. The number of fused-ring (bicyclic) bond motifs is 2. The van der Waals surface area contributed by atoms with Gasteiger partial charge in [-0.15, -0.1) is 11.8 Å². The average Bonchev–Trinajstić information content (AvgIpc) is 2.91. The molecule has 0 amide bonds. The summed E-state index contributed by atoms with van der Waals surface area (Å²) >= 11 is 13.7. The van der Waals surface area contributed by atoms with Gasteiger partial charge in [0.05, 0.1) is 10.9 Å². The predicted octanol–water partition coefficient (Wildman–Crippen LogP) is 6.47. The maximum Gasteiger partial charge on any atom is 0.371 e. The van der Waals surface area contributed by atoms with Crippen molar-refractivity contribution in [1.29, 1.82) is 0 Å². The number of thioether (sulfide) groups is 1. The normalized spacial score (nSPS) is 15.3. The largest absolute Gasteiger partial charge is 0.507 e. The second kappa shape index (κ2) is 5.75. The third kappa shape index (κ3) is 2.80. The van der Waals surface area contributed by atoms with Gasteiger partial charge < -0.3 is 5.11 Å². The topological polar surface area (TPSA) is 31.5 Å². The zero-order valence-corrected chi connectivity index (χ0v) is 14.2. The summed E-state index contributed by atoms with van der Waals surface area (Å²) in [5, 5.41) is 12.3. The molecule has 0 aliphatic carbocycles. The zero-order valence-electron chi connectivity index (χ0n) is 11.8. The molecule has 1 aliphatic rings. The molecule has 2 aromatic carbocycles. The molecule has 0 unspecified atom stereocenters. The molecule has 1 aliphatic heterocycles. The van der Waals surface area contributed by atoms with E-state index in [0.717, 1.165) is 33.0 Å². The highest BCUT2D eigenvalue weighted by atomic mass is 35.5. The Labute approximate surface area is 147 Å². The van der Waals surface area contributed by atoms with Crippen LogP contribution in [0.2, 0.25) is 10.0 Å². The number of phenolic OH excluding ortho intramolecular Hbond substituents is 1. The molecule has 1 aromatic heterocycles. The fourth-order valence-electron chi connectivity index (χ4n) is 2.58. The smallest absolute Gasteiger partial charge is 0.371 e. The lowest BCUT2D eigenvalue weighted by molar-refractivity contribution is 0.474. The molecular formula is C18H11Cl2O2S+. The van der Waals surface area contributed by atoms with Gasteiger partial charge in [0, 0.05) is 27.4 Å². The Morgan fingerprint density at radius 1 is 1.04 bits per heavy atom. The van der Waals surface area contributed by atoms with Crippen molar-refractivity contribution >= 4 is 56.9 Å². The van der Waals surface area contributed by atoms with Crippen LogP contribution in [-0.2, 0) is 5.75 Å². The van der Waals surface area contributed by atoms with E-state index in [1.807, 2.05) is 24.3 Å². The molecule has 0 fully saturated rings. The molecule has 0 bridgehead atoms. The van der Waals surface area contributed by atoms with Crippen molar-refractivity contribution in [2.24, 2.45) is 0 Å². The second-order valence-electron chi connectivity index (χ2n) is 5.28. The summed E-state index contributed by atoms with van der Waals surface area (Å²) in [7, 11) is 0. The van der Waals surface area contributed by atoms with E-state index in [-0.39, 0.29) is 5.75 Å². The fourth-order valence-corrected chi connectivity index (χ4v) is 3.98. The van der Waals surface area contributed by atoms with Crippen LogP contribution in [0, 0.1) is 0 Å². The lowest BCUT2D eigenvalue weighted by Gasteiger charge is -2.00. The van der Waals surface area contributed by atoms with E-state index in [9.17, 15) is 5.11 Å². The molecule has 23 heavy (non-hydrogen) atoms. The minimum atomic E-state index is 0.198. The van der Waals surface area contributed by atoms with Gasteiger partial charge in [-0.2, -0.15) is 0 Å². The summed E-state index contributed by atoms with van der Waals surface area (Å²) in [4.78, 5) is 0.981. The molecule has 0 atom stereocenters. The molecule has 2 nitrogen and oxygen atoms in total. The van der Waals surface area contributed by atoms with Gasteiger partial charge >= 0.3 is 11.3 Å². The molecule has 3 aromatic rings. The van der Waals surface area contributed by atoms with Crippen LogP contribution in [0.15, 0.2) is 46.9 Å². The van der Waals surface area contributed by atoms with E-state index in [1.165, 1.54) is 0 Å². The van der Waals surface area contributed by atoms with Crippen LogP contribution in [0.1, 0.15) is 16.9 Å². The van der Waals surface area contributed by atoms with E-state index in [1.54, 1.807) is 30.0 Å². The van der Waals surface area contributed by atoms with Gasteiger partial charge in [-0.1, -0.05) is 23.2 Å². The van der Waals surface area contributed by atoms with Crippen molar-refractivity contribution in [1.82, 2.24) is 0 Å². The molecule has 114 valence electrons. The van der Waals surface area contributed by atoms with Crippen LogP contribution < -0.4 is 0 Å². The van der Waals surface area contributed by atoms with Crippen molar-refractivity contribution in [2.75, 3.05) is 0 Å². The second-order valence-corrected chi connectivity index (χ2v) is 7.17. The van der Waals surface area contributed by atoms with Crippen LogP contribution in [0.3, 0.4) is 0 Å². The standard InChI is InChI=1S/C18H10Cl2O2S/c19-13-1-3-15(21)10(6-13)8-17-18-12(9-23-17)5-11-7-14(20)2-4-16(11)22-18/h1-8H,9H2/p+1/b17-8+. The zero-order chi connectivity index (χ0) is 16.0. The third-order valence-corrected chi connectivity index (χ3v) is 5.23. The van der Waals surface area contributed by atoms with Gasteiger partial charge in [0.2, 0.25) is 0 Å². The maximum atomic E-state index is 9.99. The molecular weight excluding hydrogens is 351 g/mol. The first kappa shape index (κ1) is 14.9. The number of benzene rings is 2. The summed E-state index contributed by atoms with van der Waals surface area (Å²) in [6.07, 6.45) is 1.91. The first-order valence-corrected chi connectivity index (χ1v) is 8.73. The third-order valence-electron chi connectivity index (χ3n) is 3.69. The van der Waals surface area contributed by atoms with E-state index < -0.39 is 0 Å². The van der Waals surface area contributed by atoms with Gasteiger partial charge in [0.1, 0.15) is 10.7 Å². The molecule has 4 rings (SSSR count). The van der Waals surface area contributed by atoms with Crippen molar-refractivity contribution in [3.05, 3.63) is 69.4 Å². The summed E-state index contributed by atoms with van der Waals surface area (Å²) in [6.45, 7) is 0. The van der Waals surface area contributed by atoms with Crippen molar-refractivity contribution in [3.8, 4) is 5.75 Å². The highest BCUT2D eigenvalue weighted by molar-refractivity contribution is 8.08. The maximum absolute atomic E-state index is 9.99. The molecule has 5 heteroatoms. The number of aromatic hydroxyl groups is 1. The molecule has 0 radical (unpaired) electrons. The average molecular weight is 362 g/mol. The highest BCUT2D eigenvalue weighted by Gasteiger charge is 2.30. The summed E-state index contributed by atoms with van der Waals surface area (Å²) in [5.41, 5.74) is 2.59. The molecule has 0 saturated carbocycles. The Balaban J connectivity index is 1.85. The van der Waals surface area contributed by atoms with Crippen LogP contribution >= 0.6 is 35.0 Å². The molecule has 2 heterocycles. The van der Waals surface area contributed by atoms with Crippen LogP contribution in [0.5, 0.6) is 5.75 Å². The van der Waals surface area contributed by atoms with Crippen LogP contribution in [-0.4, -0.2) is 5.11 Å². The van der Waals surface area contributed by atoms with E-state index in [0.29, 0.717) is 15.6 Å². The number of rotatable bonds is 1. The van der Waals surface area contributed by atoms with Crippen molar-refractivity contribution in [2.45, 2.75) is 5.75 Å². The van der Waals surface area contributed by atoms with Gasteiger partial charge in [0.15, 0.2) is 0 Å². The van der Waals surface area contributed by atoms with E-state index >= 15 is 0 Å². The Bertz CT molecular complexity index is 967. The first-order valence-electron chi connectivity index (χ1n) is 6.99. The van der Waals surface area contributed by atoms with Crippen LogP contribution in [0.25, 0.3) is 22.0 Å². The molecule has 1 N–H and O–H groups in total. The highest BCUT2D eigenvalue weighted by Crippen LogP contribution is 2.44. The van der Waals surface area contributed by atoms with Gasteiger partial charge in [-0.25, -0.2) is 4.42 Å². The SMILES string of the molecule is Oc1ccc(Cl)cc1/C=C1/SCc2cc3cc(Cl)ccc3[o+]c21. The van der Waals surface area contributed by atoms with Gasteiger partial charge in [0.25, 0.3) is 0 Å². The lowest BCUT2D eigenvalue weighted by atomic mass is 10.1. The molecule has 0 spiro atoms. The Hall–Kier alpha value is -1.68. The summed E-state index contributed by atoms with van der Waals surface area (Å²) in [6, 6.07) is 12.7. The minimum absolute atomic E-state index is 0.198. The number of phenols is 1. The Morgan fingerprint density at radius 3 is 2.70 bits per heavy atom. The van der Waals surface area contributed by atoms with Gasteiger partial charge in [-0.05, 0) is 42.5 Å². The number of hydrogen-bond donors (Lipinski definition) is 1. The predicted molar refractivity (Wildman–Crippen MR) is 97.9 cm³/mol. The number of halogens is 2. The lowest BCUT2D eigenvalue weighted by Crippen LogP contribution is -1.84. The summed E-state index contributed by atoms with van der Waals surface area (Å²) in [5.74, 6) is 1.86. The van der Waals surface area contributed by atoms with Crippen LogP contribution in [0.4, 0.5) is 0 Å². The van der Waals surface area contributed by atoms with Crippen molar-refractivity contribution in [3.63, 3.8) is 0 Å². The van der Waals surface area contributed by atoms with Gasteiger partial charge in [-0.3, -0.25) is 0 Å². The molecule has 0 saturated heterocycles. The Kier molecular flexibility index (Phi) is 3.72. The monoisotopic (exact) mass is 361 g/mol. The number of hydrogen-bond acceptors (Lipinski definition) is 2. The fraction of sp³-hybridized carbons (Fsp3) is 0.0556. The first-order chi connectivity index (χ1) is 11.1. The van der Waals surface area contributed by atoms with E-state index in [2.05, 4.69) is 6.07 Å². The Morgan fingerprint density at radius 2 is 1.83 bits per heavy atom. The van der Waals surface area contributed by atoms with Crippen molar-refractivity contribution < 1.29 is 9.52 Å². The quantitative estimate of drug-likeness (QED) is 0.503. The summed E-state index contributed by atoms with van der Waals surface area (Å²) < 4.78 is 6.05. The van der Waals surface area contributed by atoms with E-state index in [4.69, 9.17) is 27.6 Å².